The van der Waals surface area contributed by atoms with Gasteiger partial charge in [-0.3, -0.25) is 4.68 Å². The van der Waals surface area contributed by atoms with Gasteiger partial charge in [0.2, 0.25) is 0 Å². The van der Waals surface area contributed by atoms with Crippen molar-refractivity contribution in [3.8, 4) is 11.8 Å². The lowest BCUT2D eigenvalue weighted by molar-refractivity contribution is 0.368. The molecule has 0 radical (unpaired) electrons. The van der Waals surface area contributed by atoms with Crippen LogP contribution in [-0.4, -0.2) is 16.4 Å². The van der Waals surface area contributed by atoms with Crippen molar-refractivity contribution in [2.45, 2.75) is 20.0 Å². The van der Waals surface area contributed by atoms with Gasteiger partial charge in [0.15, 0.2) is 6.61 Å². The van der Waals surface area contributed by atoms with Crippen LogP contribution < -0.4 is 10.1 Å². The Kier molecular flexibility index (Phi) is 4.40. The van der Waals surface area contributed by atoms with Gasteiger partial charge >= 0.3 is 0 Å². The molecule has 0 saturated carbocycles. The second-order valence-electron chi connectivity index (χ2n) is 3.97. The van der Waals surface area contributed by atoms with Crippen molar-refractivity contribution in [3.05, 3.63) is 42.2 Å². The highest BCUT2D eigenvalue weighted by atomic mass is 16.5. The number of hydrogen-bond donors (Lipinski definition) is 1. The van der Waals surface area contributed by atoms with Crippen molar-refractivity contribution in [1.29, 1.82) is 5.26 Å². The van der Waals surface area contributed by atoms with E-state index in [9.17, 15) is 0 Å². The lowest BCUT2D eigenvalue weighted by Crippen LogP contribution is -2.07. The lowest BCUT2D eigenvalue weighted by atomic mass is 10.3. The van der Waals surface area contributed by atoms with Crippen LogP contribution in [0.4, 0.5) is 5.69 Å². The maximum atomic E-state index is 8.48. The molecule has 1 heterocycles. The van der Waals surface area contributed by atoms with Crippen LogP contribution >= 0.6 is 0 Å². The zero-order chi connectivity index (χ0) is 13.5. The van der Waals surface area contributed by atoms with Crippen molar-refractivity contribution < 1.29 is 4.74 Å². The summed E-state index contributed by atoms with van der Waals surface area (Å²) in [5.41, 5.74) is 2.09. The summed E-state index contributed by atoms with van der Waals surface area (Å²) in [6.07, 6.45) is 1.80. The maximum Gasteiger partial charge on any atom is 0.174 e. The quantitative estimate of drug-likeness (QED) is 0.862. The Morgan fingerprint density at radius 2 is 2.32 bits per heavy atom. The maximum absolute atomic E-state index is 8.48. The highest BCUT2D eigenvalue weighted by molar-refractivity contribution is 5.48. The van der Waals surface area contributed by atoms with Gasteiger partial charge in [-0.05, 0) is 25.1 Å². The van der Waals surface area contributed by atoms with Gasteiger partial charge in [0, 0.05) is 24.5 Å². The fourth-order valence-electron chi connectivity index (χ4n) is 1.80. The molecule has 0 aliphatic heterocycles. The summed E-state index contributed by atoms with van der Waals surface area (Å²) in [6.45, 7) is 3.68. The van der Waals surface area contributed by atoms with Crippen molar-refractivity contribution in [2.75, 3.05) is 11.9 Å². The minimum absolute atomic E-state index is 0.0616. The van der Waals surface area contributed by atoms with Crippen LogP contribution in [0, 0.1) is 11.3 Å². The fraction of sp³-hybridized carbons (Fsp3) is 0.286. The third-order valence-electron chi connectivity index (χ3n) is 2.72. The minimum Gasteiger partial charge on any atom is -0.479 e. The first-order valence-corrected chi connectivity index (χ1v) is 6.18. The van der Waals surface area contributed by atoms with E-state index >= 15 is 0 Å². The highest BCUT2D eigenvalue weighted by Gasteiger charge is 2.01. The molecule has 1 aromatic carbocycles. The molecule has 19 heavy (non-hydrogen) atoms. The van der Waals surface area contributed by atoms with E-state index in [0.29, 0.717) is 12.3 Å². The molecule has 1 N–H and O–H groups in total. The average molecular weight is 256 g/mol. The molecule has 0 unspecified atom stereocenters. The van der Waals surface area contributed by atoms with E-state index in [1.54, 1.807) is 6.20 Å². The van der Waals surface area contributed by atoms with E-state index in [1.165, 1.54) is 0 Å². The SMILES string of the molecule is CCn1nccc1CNc1cccc(OCC#N)c1. The Morgan fingerprint density at radius 1 is 1.42 bits per heavy atom. The second-order valence-corrected chi connectivity index (χ2v) is 3.97. The monoisotopic (exact) mass is 256 g/mol. The first-order chi connectivity index (χ1) is 9.33. The van der Waals surface area contributed by atoms with Gasteiger partial charge in [-0.2, -0.15) is 10.4 Å². The molecule has 0 amide bonds. The predicted octanol–water partition coefficient (Wildman–Crippen LogP) is 2.42. The smallest absolute Gasteiger partial charge is 0.174 e. The first kappa shape index (κ1) is 13.0. The average Bonchev–Trinajstić information content (AvgIpc) is 2.91. The zero-order valence-corrected chi connectivity index (χ0v) is 10.8. The predicted molar refractivity (Wildman–Crippen MR) is 72.8 cm³/mol. The summed E-state index contributed by atoms with van der Waals surface area (Å²) in [5.74, 6) is 0.690. The van der Waals surface area contributed by atoms with Crippen LogP contribution in [0.1, 0.15) is 12.6 Å². The third-order valence-corrected chi connectivity index (χ3v) is 2.72. The molecule has 0 fully saturated rings. The number of anilines is 1. The molecule has 2 rings (SSSR count). The number of nitrogens with one attached hydrogen (secondary N) is 1. The van der Waals surface area contributed by atoms with E-state index in [-0.39, 0.29) is 6.61 Å². The summed E-state index contributed by atoms with van der Waals surface area (Å²) in [6, 6.07) is 11.5. The van der Waals surface area contributed by atoms with Gasteiger partial charge in [0.25, 0.3) is 0 Å². The largest absolute Gasteiger partial charge is 0.479 e. The number of hydrogen-bond acceptors (Lipinski definition) is 4. The summed E-state index contributed by atoms with van der Waals surface area (Å²) in [7, 11) is 0. The fourth-order valence-corrected chi connectivity index (χ4v) is 1.80. The molecule has 5 nitrogen and oxygen atoms in total. The Bertz CT molecular complexity index is 571. The molecule has 1 aromatic heterocycles. The summed E-state index contributed by atoms with van der Waals surface area (Å²) in [4.78, 5) is 0. The number of ether oxygens (including phenoxy) is 1. The van der Waals surface area contributed by atoms with Crippen LogP contribution in [0.3, 0.4) is 0 Å². The van der Waals surface area contributed by atoms with Crippen molar-refractivity contribution >= 4 is 5.69 Å². The summed E-state index contributed by atoms with van der Waals surface area (Å²) in [5, 5.41) is 16.0. The number of aromatic nitrogens is 2. The lowest BCUT2D eigenvalue weighted by Gasteiger charge is -2.09. The zero-order valence-electron chi connectivity index (χ0n) is 10.8. The van der Waals surface area contributed by atoms with Gasteiger partial charge in [-0.15, -0.1) is 0 Å². The third kappa shape index (κ3) is 3.49. The van der Waals surface area contributed by atoms with Crippen LogP contribution in [0.25, 0.3) is 0 Å². The highest BCUT2D eigenvalue weighted by Crippen LogP contribution is 2.17. The van der Waals surface area contributed by atoms with Gasteiger partial charge in [-0.25, -0.2) is 0 Å². The van der Waals surface area contributed by atoms with Crippen molar-refractivity contribution in [1.82, 2.24) is 9.78 Å². The van der Waals surface area contributed by atoms with Crippen LogP contribution in [0.2, 0.25) is 0 Å². The van der Waals surface area contributed by atoms with E-state index in [4.69, 9.17) is 10.00 Å². The van der Waals surface area contributed by atoms with E-state index in [1.807, 2.05) is 41.1 Å². The minimum atomic E-state index is 0.0616. The summed E-state index contributed by atoms with van der Waals surface area (Å²) >= 11 is 0. The Balaban J connectivity index is 1.98. The molecule has 5 heteroatoms. The molecule has 0 bridgehead atoms. The number of nitrogens with zero attached hydrogens (tertiary/aromatic N) is 3. The van der Waals surface area contributed by atoms with Gasteiger partial charge in [0.05, 0.1) is 12.2 Å². The van der Waals surface area contributed by atoms with E-state index in [2.05, 4.69) is 17.3 Å². The van der Waals surface area contributed by atoms with Crippen LogP contribution in [-0.2, 0) is 13.1 Å². The van der Waals surface area contributed by atoms with E-state index < -0.39 is 0 Å². The van der Waals surface area contributed by atoms with Gasteiger partial charge in [0.1, 0.15) is 11.8 Å². The molecule has 0 spiro atoms. The molecular formula is C14H16N4O. The van der Waals surface area contributed by atoms with Crippen LogP contribution in [0.15, 0.2) is 36.5 Å². The molecule has 0 atom stereocenters. The van der Waals surface area contributed by atoms with E-state index in [0.717, 1.165) is 17.9 Å². The topological polar surface area (TPSA) is 62.9 Å². The summed E-state index contributed by atoms with van der Waals surface area (Å²) < 4.78 is 7.21. The van der Waals surface area contributed by atoms with Gasteiger partial charge in [-0.1, -0.05) is 6.07 Å². The molecule has 98 valence electrons. The second kappa shape index (κ2) is 6.45. The molecule has 0 aliphatic rings. The Hall–Kier alpha value is -2.48. The molecule has 2 aromatic rings. The van der Waals surface area contributed by atoms with Crippen molar-refractivity contribution in [2.24, 2.45) is 0 Å². The number of benzene rings is 1. The molecular weight excluding hydrogens is 240 g/mol. The number of nitriles is 1. The first-order valence-electron chi connectivity index (χ1n) is 6.18. The molecule has 0 saturated heterocycles. The number of rotatable bonds is 6. The normalized spacial score (nSPS) is 9.89. The van der Waals surface area contributed by atoms with Crippen molar-refractivity contribution in [3.63, 3.8) is 0 Å². The van der Waals surface area contributed by atoms with Gasteiger partial charge < -0.3 is 10.1 Å². The number of aryl methyl sites for hydroxylation is 1. The Morgan fingerprint density at radius 3 is 3.11 bits per heavy atom. The Labute approximate surface area is 112 Å². The van der Waals surface area contributed by atoms with Crippen LogP contribution in [0.5, 0.6) is 5.75 Å². The molecule has 0 aliphatic carbocycles. The standard InChI is InChI=1S/C14H16N4O/c1-2-18-13(6-8-17-18)11-16-12-4-3-5-14(10-12)19-9-7-15/h3-6,8,10,16H,2,9,11H2,1H3.